The van der Waals surface area contributed by atoms with Crippen molar-refractivity contribution in [2.24, 2.45) is 0 Å². The quantitative estimate of drug-likeness (QED) is 0.620. The van der Waals surface area contributed by atoms with E-state index in [-0.39, 0.29) is 11.4 Å². The molecule has 5 rings (SSSR count). The van der Waals surface area contributed by atoms with Crippen LogP contribution in [0, 0.1) is 6.92 Å². The smallest absolute Gasteiger partial charge is 0.336 e. The standard InChI is InChI=1S/C23H25N5O4/c1-15-12-24-22(27-20(15)18-4-2-3-5-19(18)21(29)30)26-16-13-25-28(14-16)17-6-8-23(9-7-17)31-10-11-32-23/h2-5,12-14,17H,6-11H2,1H3,(H,29,30)(H,24,26,27). The van der Waals surface area contributed by atoms with Crippen LogP contribution in [0.15, 0.2) is 42.9 Å². The molecule has 1 aromatic carbocycles. The van der Waals surface area contributed by atoms with Gasteiger partial charge < -0.3 is 19.9 Å². The highest BCUT2D eigenvalue weighted by Crippen LogP contribution is 2.40. The molecule has 0 unspecified atom stereocenters. The first kappa shape index (κ1) is 20.6. The third-order valence-corrected chi connectivity index (χ3v) is 6.15. The van der Waals surface area contributed by atoms with Crippen LogP contribution in [0.25, 0.3) is 11.3 Å². The minimum absolute atomic E-state index is 0.207. The van der Waals surface area contributed by atoms with E-state index in [1.807, 2.05) is 17.8 Å². The predicted molar refractivity (Wildman–Crippen MR) is 117 cm³/mol. The van der Waals surface area contributed by atoms with Gasteiger partial charge in [0.05, 0.1) is 42.4 Å². The lowest BCUT2D eigenvalue weighted by atomic mass is 9.90. The van der Waals surface area contributed by atoms with Crippen LogP contribution in [0.5, 0.6) is 0 Å². The molecule has 9 nitrogen and oxygen atoms in total. The van der Waals surface area contributed by atoms with Gasteiger partial charge in [-0.05, 0) is 31.4 Å². The molecule has 9 heteroatoms. The monoisotopic (exact) mass is 435 g/mol. The second-order valence-electron chi connectivity index (χ2n) is 8.25. The van der Waals surface area contributed by atoms with Crippen molar-refractivity contribution in [3.63, 3.8) is 0 Å². The molecule has 3 heterocycles. The molecular formula is C23H25N5O4. The summed E-state index contributed by atoms with van der Waals surface area (Å²) in [5, 5.41) is 17.3. The van der Waals surface area contributed by atoms with Crippen molar-refractivity contribution in [2.75, 3.05) is 18.5 Å². The number of anilines is 2. The number of aryl methyl sites for hydroxylation is 1. The number of hydrogen-bond donors (Lipinski definition) is 2. The molecule has 0 atom stereocenters. The summed E-state index contributed by atoms with van der Waals surface area (Å²) in [4.78, 5) is 20.6. The van der Waals surface area contributed by atoms with Crippen molar-refractivity contribution in [1.82, 2.24) is 19.7 Å². The van der Waals surface area contributed by atoms with Crippen LogP contribution in [0.1, 0.15) is 47.6 Å². The van der Waals surface area contributed by atoms with Gasteiger partial charge in [0.25, 0.3) is 0 Å². The third-order valence-electron chi connectivity index (χ3n) is 6.15. The summed E-state index contributed by atoms with van der Waals surface area (Å²) < 4.78 is 13.6. The molecule has 1 saturated heterocycles. The number of carboxylic acids is 1. The highest BCUT2D eigenvalue weighted by molar-refractivity contribution is 5.95. The van der Waals surface area contributed by atoms with E-state index in [1.165, 1.54) is 0 Å². The fourth-order valence-electron chi connectivity index (χ4n) is 4.48. The normalized spacial score (nSPS) is 18.2. The summed E-state index contributed by atoms with van der Waals surface area (Å²) in [6, 6.07) is 7.13. The molecule has 1 spiro atoms. The Balaban J connectivity index is 1.32. The number of aromatic carboxylic acids is 1. The summed E-state index contributed by atoms with van der Waals surface area (Å²) in [6.07, 6.45) is 9.02. The fraction of sp³-hybridized carbons (Fsp3) is 0.391. The highest BCUT2D eigenvalue weighted by Gasteiger charge is 2.40. The Bertz CT molecular complexity index is 1130. The molecule has 1 aliphatic carbocycles. The molecule has 0 amide bonds. The number of ether oxygens (including phenoxy) is 2. The molecule has 0 bridgehead atoms. The number of carboxylic acid groups (broad SMARTS) is 1. The van der Waals surface area contributed by atoms with Gasteiger partial charge in [-0.15, -0.1) is 0 Å². The molecule has 2 aliphatic rings. The molecule has 2 N–H and O–H groups in total. The Kier molecular flexibility index (Phi) is 5.36. The van der Waals surface area contributed by atoms with Gasteiger partial charge in [0.2, 0.25) is 5.95 Å². The lowest BCUT2D eigenvalue weighted by Crippen LogP contribution is -2.35. The molecule has 0 radical (unpaired) electrons. The van der Waals surface area contributed by atoms with E-state index >= 15 is 0 Å². The second kappa shape index (κ2) is 8.33. The van der Waals surface area contributed by atoms with Crippen LogP contribution in [-0.2, 0) is 9.47 Å². The van der Waals surface area contributed by atoms with E-state index in [0.717, 1.165) is 36.9 Å². The van der Waals surface area contributed by atoms with Crippen molar-refractivity contribution in [2.45, 2.75) is 44.4 Å². The number of nitrogens with zero attached hydrogens (tertiary/aromatic N) is 4. The Morgan fingerprint density at radius 2 is 1.94 bits per heavy atom. The number of aromatic nitrogens is 4. The van der Waals surface area contributed by atoms with Gasteiger partial charge >= 0.3 is 5.97 Å². The van der Waals surface area contributed by atoms with Crippen LogP contribution >= 0.6 is 0 Å². The third kappa shape index (κ3) is 3.96. The number of rotatable bonds is 5. The molecule has 2 fully saturated rings. The maximum atomic E-state index is 11.6. The molecule has 2 aromatic heterocycles. The lowest BCUT2D eigenvalue weighted by molar-refractivity contribution is -0.181. The zero-order valence-corrected chi connectivity index (χ0v) is 17.8. The van der Waals surface area contributed by atoms with Gasteiger partial charge in [-0.2, -0.15) is 5.10 Å². The van der Waals surface area contributed by atoms with Gasteiger partial charge in [-0.1, -0.05) is 18.2 Å². The SMILES string of the molecule is Cc1cnc(Nc2cnn(C3CCC4(CC3)OCCO4)c2)nc1-c1ccccc1C(=O)O. The first-order chi connectivity index (χ1) is 15.5. The van der Waals surface area contributed by atoms with E-state index in [0.29, 0.717) is 36.5 Å². The Hall–Kier alpha value is -3.30. The number of nitrogens with one attached hydrogen (secondary N) is 1. The maximum absolute atomic E-state index is 11.6. The fourth-order valence-corrected chi connectivity index (χ4v) is 4.48. The summed E-state index contributed by atoms with van der Waals surface area (Å²) in [6.45, 7) is 3.22. The molecule has 1 aliphatic heterocycles. The number of hydrogen-bond acceptors (Lipinski definition) is 7. The van der Waals surface area contributed by atoms with Gasteiger partial charge in [0.1, 0.15) is 0 Å². The topological polar surface area (TPSA) is 111 Å². The van der Waals surface area contributed by atoms with E-state index < -0.39 is 5.97 Å². The highest BCUT2D eigenvalue weighted by atomic mass is 16.7. The Labute approximate surface area is 185 Å². The zero-order valence-electron chi connectivity index (χ0n) is 17.8. The minimum atomic E-state index is -0.989. The van der Waals surface area contributed by atoms with Gasteiger partial charge in [-0.3, -0.25) is 4.68 Å². The van der Waals surface area contributed by atoms with Crippen molar-refractivity contribution in [3.8, 4) is 11.3 Å². The van der Waals surface area contributed by atoms with Crippen molar-refractivity contribution in [1.29, 1.82) is 0 Å². The lowest BCUT2D eigenvalue weighted by Gasteiger charge is -2.35. The van der Waals surface area contributed by atoms with Crippen LogP contribution in [0.3, 0.4) is 0 Å². The number of carbonyl (C=O) groups is 1. The molecule has 1 saturated carbocycles. The summed E-state index contributed by atoms with van der Waals surface area (Å²) in [5.74, 6) is -0.985. The summed E-state index contributed by atoms with van der Waals surface area (Å²) in [5.41, 5.74) is 2.93. The van der Waals surface area contributed by atoms with E-state index in [9.17, 15) is 9.90 Å². The Morgan fingerprint density at radius 1 is 1.19 bits per heavy atom. The van der Waals surface area contributed by atoms with Gasteiger partial charge in [0.15, 0.2) is 5.79 Å². The van der Waals surface area contributed by atoms with Crippen molar-refractivity contribution < 1.29 is 19.4 Å². The van der Waals surface area contributed by atoms with Crippen LogP contribution < -0.4 is 5.32 Å². The summed E-state index contributed by atoms with van der Waals surface area (Å²) >= 11 is 0. The predicted octanol–water partition coefficient (Wildman–Crippen LogP) is 3.95. The number of benzene rings is 1. The maximum Gasteiger partial charge on any atom is 0.336 e. The Morgan fingerprint density at radius 3 is 2.69 bits per heavy atom. The van der Waals surface area contributed by atoms with Crippen LogP contribution in [0.2, 0.25) is 0 Å². The van der Waals surface area contributed by atoms with Crippen LogP contribution in [-0.4, -0.2) is 49.8 Å². The average Bonchev–Trinajstić information content (AvgIpc) is 3.46. The zero-order chi connectivity index (χ0) is 22.1. The average molecular weight is 435 g/mol. The molecule has 166 valence electrons. The second-order valence-corrected chi connectivity index (χ2v) is 8.25. The van der Waals surface area contributed by atoms with Gasteiger partial charge in [0, 0.05) is 30.8 Å². The molecule has 32 heavy (non-hydrogen) atoms. The van der Waals surface area contributed by atoms with E-state index in [2.05, 4.69) is 20.4 Å². The van der Waals surface area contributed by atoms with E-state index in [4.69, 9.17) is 9.47 Å². The first-order valence-corrected chi connectivity index (χ1v) is 10.8. The minimum Gasteiger partial charge on any atom is -0.478 e. The largest absolute Gasteiger partial charge is 0.478 e. The van der Waals surface area contributed by atoms with Gasteiger partial charge in [-0.25, -0.2) is 14.8 Å². The van der Waals surface area contributed by atoms with Crippen LogP contribution in [0.4, 0.5) is 11.6 Å². The molecular weight excluding hydrogens is 410 g/mol. The first-order valence-electron chi connectivity index (χ1n) is 10.8. The van der Waals surface area contributed by atoms with Crippen molar-refractivity contribution >= 4 is 17.6 Å². The molecule has 3 aromatic rings. The van der Waals surface area contributed by atoms with E-state index in [1.54, 1.807) is 36.7 Å². The van der Waals surface area contributed by atoms with Crippen molar-refractivity contribution in [3.05, 3.63) is 54.0 Å². The summed E-state index contributed by atoms with van der Waals surface area (Å²) in [7, 11) is 0.